The van der Waals surface area contributed by atoms with Gasteiger partial charge >= 0.3 is 0 Å². The van der Waals surface area contributed by atoms with Crippen LogP contribution in [0.1, 0.15) is 0 Å². The van der Waals surface area contributed by atoms with Crippen molar-refractivity contribution >= 4 is 92.8 Å². The molecule has 150 valence electrons. The number of halogens is 8. The third-order valence-electron chi connectivity index (χ3n) is 2.25. The summed E-state index contributed by atoms with van der Waals surface area (Å²) in [6.07, 6.45) is 0. The summed E-state index contributed by atoms with van der Waals surface area (Å²) in [5.74, 6) is 0. The Balaban J connectivity index is 5.30. The summed E-state index contributed by atoms with van der Waals surface area (Å²) < 4.78 is -0.874. The molecule has 26 heavy (non-hydrogen) atoms. The number of nitrogens with one attached hydrogen (secondary N) is 2. The van der Waals surface area contributed by atoms with Gasteiger partial charge in [-0.15, -0.1) is 0 Å². The molecule has 0 aromatic heterocycles. The van der Waals surface area contributed by atoms with Crippen molar-refractivity contribution in [2.45, 2.75) is 0 Å². The Kier molecular flexibility index (Phi) is 12.9. The Hall–Kier alpha value is 0.320. The fourth-order valence-corrected chi connectivity index (χ4v) is 2.35. The van der Waals surface area contributed by atoms with Crippen LogP contribution in [0.2, 0.25) is 0 Å². The summed E-state index contributed by atoms with van der Waals surface area (Å²) in [5.41, 5.74) is -0.595. The highest BCUT2D eigenvalue weighted by molar-refractivity contribution is 6.60. The van der Waals surface area contributed by atoms with Gasteiger partial charge in [-0.25, -0.2) is 0 Å². The number of nitrogens with zero attached hydrogens (tertiary/aromatic N) is 2. The lowest BCUT2D eigenvalue weighted by molar-refractivity contribution is 0.00429. The standard InChI is InChI=1S/C10H8Cl8N4O4/c11-3(7(13)14)5(9(17)21(23)24)19-1-2-20-6(4(12)8(15)16)10(18)22(25)26/h19-20,23,25H,1-2H2/q-2/b9-5-,10-6+. The zero-order valence-corrected chi connectivity index (χ0v) is 18.1. The van der Waals surface area contributed by atoms with Gasteiger partial charge in [-0.3, -0.25) is 10.4 Å². The number of rotatable bonds is 9. The molecular weight excluding hydrogens is 524 g/mol. The molecule has 0 aromatic rings. The Morgan fingerprint density at radius 3 is 1.12 bits per heavy atom. The van der Waals surface area contributed by atoms with E-state index in [1.807, 2.05) is 0 Å². The van der Waals surface area contributed by atoms with Gasteiger partial charge in [0.1, 0.15) is 19.3 Å². The van der Waals surface area contributed by atoms with Crippen molar-refractivity contribution in [2.75, 3.05) is 13.1 Å². The van der Waals surface area contributed by atoms with E-state index in [0.717, 1.165) is 0 Å². The smallest absolute Gasteiger partial charge is 0.143 e. The van der Waals surface area contributed by atoms with Crippen molar-refractivity contribution in [2.24, 2.45) is 0 Å². The van der Waals surface area contributed by atoms with Gasteiger partial charge in [-0.05, 0) is 0 Å². The van der Waals surface area contributed by atoms with E-state index in [1.165, 1.54) is 0 Å². The highest BCUT2D eigenvalue weighted by atomic mass is 35.5. The van der Waals surface area contributed by atoms with Crippen LogP contribution in [0.25, 0.3) is 0 Å². The van der Waals surface area contributed by atoms with E-state index in [4.69, 9.17) is 103 Å². The molecule has 4 N–H and O–H groups in total. The average molecular weight is 532 g/mol. The molecule has 0 heterocycles. The van der Waals surface area contributed by atoms with Crippen LogP contribution in [0, 0.1) is 10.4 Å². The SMILES string of the molecule is [O-]N(O)/C(Cl)=C(/NCCN/C(C(Cl)=C(Cl)Cl)=C(/Cl)N([O-])O)C(Cl)=C(Cl)Cl. The highest BCUT2D eigenvalue weighted by Gasteiger charge is 2.15. The summed E-state index contributed by atoms with van der Waals surface area (Å²) in [7, 11) is 0. The zero-order valence-electron chi connectivity index (χ0n) is 12.0. The normalized spacial score (nSPS) is 12.6. The average Bonchev–Trinajstić information content (AvgIpc) is 2.55. The minimum Gasteiger partial charge on any atom is -0.733 e. The van der Waals surface area contributed by atoms with E-state index >= 15 is 0 Å². The molecule has 0 rings (SSSR count). The van der Waals surface area contributed by atoms with Crippen molar-refractivity contribution in [1.82, 2.24) is 21.1 Å². The van der Waals surface area contributed by atoms with Crippen LogP contribution in [0.3, 0.4) is 0 Å². The molecule has 0 fully saturated rings. The first-order chi connectivity index (χ1) is 11.9. The van der Waals surface area contributed by atoms with Crippen molar-refractivity contribution in [3.63, 3.8) is 0 Å². The van der Waals surface area contributed by atoms with Gasteiger partial charge in [0.25, 0.3) is 0 Å². The maximum absolute atomic E-state index is 10.9. The lowest BCUT2D eigenvalue weighted by Crippen LogP contribution is -2.30. The second kappa shape index (κ2) is 12.7. The lowest BCUT2D eigenvalue weighted by Gasteiger charge is -2.25. The predicted octanol–water partition coefficient (Wildman–Crippen LogP) is 5.13. The molecule has 0 aliphatic heterocycles. The molecule has 0 saturated carbocycles. The van der Waals surface area contributed by atoms with E-state index < -0.39 is 29.7 Å². The molecule has 0 aromatic carbocycles. The van der Waals surface area contributed by atoms with Crippen LogP contribution in [0.4, 0.5) is 0 Å². The van der Waals surface area contributed by atoms with Crippen molar-refractivity contribution < 1.29 is 10.4 Å². The van der Waals surface area contributed by atoms with Crippen LogP contribution in [0.15, 0.2) is 40.8 Å². The fraction of sp³-hybridized carbons (Fsp3) is 0.200. The fourth-order valence-electron chi connectivity index (χ4n) is 1.24. The van der Waals surface area contributed by atoms with Gasteiger partial charge in [-0.2, -0.15) is 0 Å². The lowest BCUT2D eigenvalue weighted by atomic mass is 10.4. The molecule has 0 saturated heterocycles. The van der Waals surface area contributed by atoms with Gasteiger partial charge in [0.15, 0.2) is 0 Å². The first kappa shape index (κ1) is 26.3. The minimum atomic E-state index is -0.759. The molecule has 16 heteroatoms. The minimum absolute atomic E-state index is 0.0568. The van der Waals surface area contributed by atoms with Gasteiger partial charge < -0.3 is 31.5 Å². The molecule has 0 aliphatic rings. The number of hydroxylamine groups is 4. The Bertz CT molecular complexity index is 573. The first-order valence-corrected chi connectivity index (χ1v) is 8.96. The molecule has 0 radical (unpaired) electrons. The van der Waals surface area contributed by atoms with Gasteiger partial charge in [0, 0.05) is 13.1 Å². The predicted molar refractivity (Wildman–Crippen MR) is 105 cm³/mol. The molecule has 0 bridgehead atoms. The maximum atomic E-state index is 10.9. The highest BCUT2D eigenvalue weighted by Crippen LogP contribution is 2.29. The van der Waals surface area contributed by atoms with E-state index in [2.05, 4.69) is 10.6 Å². The van der Waals surface area contributed by atoms with Crippen molar-refractivity contribution in [1.29, 1.82) is 0 Å². The third kappa shape index (κ3) is 8.55. The molecule has 0 unspecified atom stereocenters. The molecule has 0 aliphatic carbocycles. The Morgan fingerprint density at radius 2 is 0.923 bits per heavy atom. The van der Waals surface area contributed by atoms with E-state index in [1.54, 1.807) is 0 Å². The van der Waals surface area contributed by atoms with Crippen LogP contribution in [-0.2, 0) is 0 Å². The van der Waals surface area contributed by atoms with Crippen LogP contribution < -0.4 is 10.6 Å². The molecule has 0 amide bonds. The van der Waals surface area contributed by atoms with Gasteiger partial charge in [-0.1, -0.05) is 92.8 Å². The summed E-state index contributed by atoms with van der Waals surface area (Å²) in [4.78, 5) is 0. The molecule has 0 spiro atoms. The van der Waals surface area contributed by atoms with Crippen molar-refractivity contribution in [3.8, 4) is 0 Å². The number of allylic oxidation sites excluding steroid dienone is 2. The third-order valence-corrected chi connectivity index (χ3v) is 4.81. The Morgan fingerprint density at radius 1 is 0.654 bits per heavy atom. The summed E-state index contributed by atoms with van der Waals surface area (Å²) in [6.45, 7) is -0.114. The number of hydrogen-bond donors (Lipinski definition) is 4. The van der Waals surface area contributed by atoms with Crippen LogP contribution in [0.5, 0.6) is 0 Å². The zero-order chi connectivity index (χ0) is 20.6. The summed E-state index contributed by atoms with van der Waals surface area (Å²) in [6, 6.07) is 0. The van der Waals surface area contributed by atoms with Crippen molar-refractivity contribution in [3.05, 3.63) is 51.2 Å². The topological polar surface area (TPSA) is 117 Å². The number of hydrogen-bond acceptors (Lipinski definition) is 8. The van der Waals surface area contributed by atoms with Gasteiger partial charge in [0.05, 0.1) is 21.5 Å². The van der Waals surface area contributed by atoms with E-state index in [0.29, 0.717) is 0 Å². The van der Waals surface area contributed by atoms with E-state index in [-0.39, 0.29) is 34.5 Å². The largest absolute Gasteiger partial charge is 0.733 e. The second-order valence-electron chi connectivity index (χ2n) is 3.88. The molecule has 0 atom stereocenters. The monoisotopic (exact) mass is 528 g/mol. The molecular formula is C10H8Cl8N4O4-2. The Labute approximate surface area is 187 Å². The molecule has 8 nitrogen and oxygen atoms in total. The van der Waals surface area contributed by atoms with E-state index in [9.17, 15) is 10.4 Å². The maximum Gasteiger partial charge on any atom is 0.143 e. The first-order valence-electron chi connectivity index (χ1n) is 5.93. The van der Waals surface area contributed by atoms with Crippen LogP contribution in [-0.4, -0.2) is 34.0 Å². The summed E-state index contributed by atoms with van der Waals surface area (Å²) in [5, 5.41) is 41.0. The van der Waals surface area contributed by atoms with Gasteiger partial charge in [0.2, 0.25) is 0 Å². The van der Waals surface area contributed by atoms with Crippen LogP contribution >= 0.6 is 92.8 Å². The summed E-state index contributed by atoms with van der Waals surface area (Å²) >= 11 is 44.8. The second-order valence-corrected chi connectivity index (χ2v) is 7.25. The quantitative estimate of drug-likeness (QED) is 0.140.